The Labute approximate surface area is 132 Å². The average Bonchev–Trinajstić information content (AvgIpc) is 2.86. The summed E-state index contributed by atoms with van der Waals surface area (Å²) in [5.41, 5.74) is 1.78. The standard InChI is InChI=1S/C14H9ClF3N3S/c1-7-6-9(8-2-4-11(15)21-13(8)19-7)20-12-5-3-10(22-12)14(16,17)18/h2-6H,1H3,(H,19,20,21). The first-order valence-corrected chi connectivity index (χ1v) is 7.40. The second kappa shape index (κ2) is 5.40. The van der Waals surface area contributed by atoms with Crippen LogP contribution in [0.5, 0.6) is 0 Å². The lowest BCUT2D eigenvalue weighted by molar-refractivity contribution is -0.134. The van der Waals surface area contributed by atoms with E-state index in [4.69, 9.17) is 11.6 Å². The van der Waals surface area contributed by atoms with Crippen molar-refractivity contribution in [2.75, 3.05) is 5.32 Å². The zero-order chi connectivity index (χ0) is 15.9. The summed E-state index contributed by atoms with van der Waals surface area (Å²) in [5, 5.41) is 4.40. The summed E-state index contributed by atoms with van der Waals surface area (Å²) in [6, 6.07) is 7.56. The van der Waals surface area contributed by atoms with E-state index in [1.807, 2.05) is 0 Å². The second-order valence-corrected chi connectivity index (χ2v) is 6.07. The molecular formula is C14H9ClF3N3S. The van der Waals surface area contributed by atoms with Gasteiger partial charge in [0.2, 0.25) is 0 Å². The van der Waals surface area contributed by atoms with Gasteiger partial charge in [0.15, 0.2) is 5.65 Å². The lowest BCUT2D eigenvalue weighted by Gasteiger charge is -2.09. The molecule has 0 fully saturated rings. The van der Waals surface area contributed by atoms with Crippen LogP contribution in [-0.4, -0.2) is 9.97 Å². The highest BCUT2D eigenvalue weighted by molar-refractivity contribution is 7.16. The Morgan fingerprint density at radius 3 is 2.59 bits per heavy atom. The summed E-state index contributed by atoms with van der Waals surface area (Å²) in [5.74, 6) is 0. The minimum atomic E-state index is -4.34. The summed E-state index contributed by atoms with van der Waals surface area (Å²) in [6.07, 6.45) is -4.34. The minimum absolute atomic E-state index is 0.312. The fourth-order valence-corrected chi connectivity index (χ4v) is 2.93. The topological polar surface area (TPSA) is 37.8 Å². The third kappa shape index (κ3) is 3.00. The molecule has 3 heterocycles. The van der Waals surface area contributed by atoms with Crippen LogP contribution in [0, 0.1) is 6.92 Å². The first kappa shape index (κ1) is 15.1. The number of fused-ring (bicyclic) bond motifs is 1. The molecule has 0 atom stereocenters. The molecule has 3 aromatic heterocycles. The molecule has 3 nitrogen and oxygen atoms in total. The predicted octanol–water partition coefficient (Wildman–Crippen LogP) is 5.42. The van der Waals surface area contributed by atoms with E-state index < -0.39 is 11.1 Å². The number of alkyl halides is 3. The van der Waals surface area contributed by atoms with Crippen molar-refractivity contribution in [3.63, 3.8) is 0 Å². The van der Waals surface area contributed by atoms with Gasteiger partial charge in [-0.3, -0.25) is 0 Å². The molecule has 0 aliphatic rings. The summed E-state index contributed by atoms with van der Waals surface area (Å²) in [4.78, 5) is 7.75. The minimum Gasteiger partial charge on any atom is -0.347 e. The van der Waals surface area contributed by atoms with Crippen LogP contribution in [0.15, 0.2) is 30.3 Å². The van der Waals surface area contributed by atoms with E-state index in [9.17, 15) is 13.2 Å². The number of halogens is 4. The largest absolute Gasteiger partial charge is 0.425 e. The van der Waals surface area contributed by atoms with Crippen molar-refractivity contribution in [2.45, 2.75) is 13.1 Å². The number of hydrogen-bond donors (Lipinski definition) is 1. The Morgan fingerprint density at radius 1 is 1.14 bits per heavy atom. The zero-order valence-electron chi connectivity index (χ0n) is 11.2. The Hall–Kier alpha value is -1.86. The number of nitrogens with zero attached hydrogens (tertiary/aromatic N) is 2. The maximum atomic E-state index is 12.6. The van der Waals surface area contributed by atoms with E-state index in [1.165, 1.54) is 6.07 Å². The average molecular weight is 344 g/mol. The Morgan fingerprint density at radius 2 is 1.91 bits per heavy atom. The summed E-state index contributed by atoms with van der Waals surface area (Å²) < 4.78 is 37.9. The number of aryl methyl sites for hydroxylation is 1. The Bertz CT molecular complexity index is 840. The normalized spacial score (nSPS) is 11.9. The van der Waals surface area contributed by atoms with Crippen LogP contribution < -0.4 is 5.32 Å². The van der Waals surface area contributed by atoms with Crippen LogP contribution in [0.1, 0.15) is 10.6 Å². The summed E-state index contributed by atoms with van der Waals surface area (Å²) >= 11 is 6.49. The highest BCUT2D eigenvalue weighted by Crippen LogP contribution is 2.38. The SMILES string of the molecule is Cc1cc(Nc2ccc(C(F)(F)F)s2)c2ccc(Cl)nc2n1. The van der Waals surface area contributed by atoms with Crippen molar-refractivity contribution < 1.29 is 13.2 Å². The van der Waals surface area contributed by atoms with Crippen LogP contribution in [0.2, 0.25) is 5.15 Å². The van der Waals surface area contributed by atoms with E-state index in [0.29, 0.717) is 43.9 Å². The molecule has 0 saturated heterocycles. The van der Waals surface area contributed by atoms with Gasteiger partial charge in [0.05, 0.1) is 10.7 Å². The zero-order valence-corrected chi connectivity index (χ0v) is 12.8. The van der Waals surface area contributed by atoms with Gasteiger partial charge in [0, 0.05) is 11.1 Å². The number of hydrogen-bond acceptors (Lipinski definition) is 4. The first-order valence-electron chi connectivity index (χ1n) is 6.21. The maximum absolute atomic E-state index is 12.6. The van der Waals surface area contributed by atoms with E-state index in [1.54, 1.807) is 25.1 Å². The molecule has 0 saturated carbocycles. The predicted molar refractivity (Wildman–Crippen MR) is 81.9 cm³/mol. The monoisotopic (exact) mass is 343 g/mol. The van der Waals surface area contributed by atoms with Gasteiger partial charge in [-0.15, -0.1) is 11.3 Å². The molecular weight excluding hydrogens is 335 g/mol. The first-order chi connectivity index (χ1) is 10.3. The Kier molecular flexibility index (Phi) is 3.70. The van der Waals surface area contributed by atoms with Crippen LogP contribution >= 0.6 is 22.9 Å². The molecule has 0 aromatic carbocycles. The molecule has 1 N–H and O–H groups in total. The van der Waals surface area contributed by atoms with E-state index in [0.717, 1.165) is 6.07 Å². The fourth-order valence-electron chi connectivity index (χ4n) is 2.00. The van der Waals surface area contributed by atoms with Crippen molar-refractivity contribution >= 4 is 44.7 Å². The molecule has 0 radical (unpaired) electrons. The maximum Gasteiger partial charge on any atom is 0.425 e. The van der Waals surface area contributed by atoms with Gasteiger partial charge in [-0.05, 0) is 37.3 Å². The van der Waals surface area contributed by atoms with Crippen LogP contribution in [-0.2, 0) is 6.18 Å². The highest BCUT2D eigenvalue weighted by atomic mass is 35.5. The van der Waals surface area contributed by atoms with Crippen LogP contribution in [0.4, 0.5) is 23.9 Å². The third-order valence-corrected chi connectivity index (χ3v) is 4.17. The van der Waals surface area contributed by atoms with E-state index in [2.05, 4.69) is 15.3 Å². The molecule has 114 valence electrons. The number of anilines is 2. The highest BCUT2D eigenvalue weighted by Gasteiger charge is 2.32. The van der Waals surface area contributed by atoms with Gasteiger partial charge < -0.3 is 5.32 Å². The van der Waals surface area contributed by atoms with Gasteiger partial charge in [0.25, 0.3) is 0 Å². The van der Waals surface area contributed by atoms with Gasteiger partial charge >= 0.3 is 6.18 Å². The molecule has 0 amide bonds. The number of nitrogens with one attached hydrogen (secondary N) is 1. The quantitative estimate of drug-likeness (QED) is 0.632. The summed E-state index contributed by atoms with van der Waals surface area (Å²) in [7, 11) is 0. The molecule has 3 aromatic rings. The van der Waals surface area contributed by atoms with Crippen molar-refractivity contribution in [3.05, 3.63) is 46.1 Å². The number of pyridine rings is 2. The molecule has 0 aliphatic heterocycles. The molecule has 22 heavy (non-hydrogen) atoms. The second-order valence-electron chi connectivity index (χ2n) is 4.60. The molecule has 0 bridgehead atoms. The van der Waals surface area contributed by atoms with Crippen molar-refractivity contribution in [3.8, 4) is 0 Å². The van der Waals surface area contributed by atoms with Crippen molar-refractivity contribution in [1.82, 2.24) is 9.97 Å². The molecule has 3 rings (SSSR count). The number of aromatic nitrogens is 2. The Balaban J connectivity index is 2.02. The van der Waals surface area contributed by atoms with Crippen LogP contribution in [0.3, 0.4) is 0 Å². The van der Waals surface area contributed by atoms with Crippen molar-refractivity contribution in [2.24, 2.45) is 0 Å². The third-order valence-electron chi connectivity index (χ3n) is 2.91. The molecule has 0 spiro atoms. The van der Waals surface area contributed by atoms with Gasteiger partial charge in [-0.1, -0.05) is 11.6 Å². The van der Waals surface area contributed by atoms with Gasteiger partial charge in [-0.2, -0.15) is 13.2 Å². The molecule has 0 unspecified atom stereocenters. The van der Waals surface area contributed by atoms with Gasteiger partial charge in [-0.25, -0.2) is 9.97 Å². The summed E-state index contributed by atoms with van der Waals surface area (Å²) in [6.45, 7) is 1.78. The van der Waals surface area contributed by atoms with E-state index in [-0.39, 0.29) is 0 Å². The number of rotatable bonds is 2. The lowest BCUT2D eigenvalue weighted by Crippen LogP contribution is -2.00. The van der Waals surface area contributed by atoms with E-state index >= 15 is 0 Å². The number of thiophene rings is 1. The molecule has 0 aliphatic carbocycles. The van der Waals surface area contributed by atoms with Gasteiger partial charge in [0.1, 0.15) is 10.0 Å². The molecule has 8 heteroatoms. The smallest absolute Gasteiger partial charge is 0.347 e. The fraction of sp³-hybridized carbons (Fsp3) is 0.143. The lowest BCUT2D eigenvalue weighted by atomic mass is 10.2. The van der Waals surface area contributed by atoms with Crippen LogP contribution in [0.25, 0.3) is 11.0 Å². The van der Waals surface area contributed by atoms with Crippen molar-refractivity contribution in [1.29, 1.82) is 0 Å².